The molecule has 2 saturated heterocycles. The van der Waals surface area contributed by atoms with Crippen molar-refractivity contribution in [3.8, 4) is 0 Å². The van der Waals surface area contributed by atoms with Crippen molar-refractivity contribution in [3.05, 3.63) is 22.4 Å². The quantitative estimate of drug-likeness (QED) is 0.527. The fourth-order valence-corrected chi connectivity index (χ4v) is 5.27. The second-order valence-electron chi connectivity index (χ2n) is 6.10. The SMILES string of the molecule is CC1(C)S[C@H]2N(C(=O)[C@@]2(O)NC(=O)Cc2cccs2)[C@H]1C(=O)O. The summed E-state index contributed by atoms with van der Waals surface area (Å²) in [5, 5.41) is 23.3. The summed E-state index contributed by atoms with van der Waals surface area (Å²) in [5.41, 5.74) is -2.04. The molecule has 0 unspecified atom stereocenters. The minimum atomic E-state index is -2.04. The first kappa shape index (κ1) is 16.3. The molecule has 0 radical (unpaired) electrons. The largest absolute Gasteiger partial charge is 0.480 e. The lowest BCUT2D eigenvalue weighted by atomic mass is 9.93. The van der Waals surface area contributed by atoms with Crippen molar-refractivity contribution in [2.75, 3.05) is 0 Å². The van der Waals surface area contributed by atoms with E-state index in [1.54, 1.807) is 19.9 Å². The average molecular weight is 356 g/mol. The lowest BCUT2D eigenvalue weighted by Gasteiger charge is -2.49. The first-order valence-electron chi connectivity index (χ1n) is 6.96. The maximum Gasteiger partial charge on any atom is 0.327 e. The Bertz CT molecular complexity index is 675. The fraction of sp³-hybridized carbons (Fsp3) is 0.500. The highest BCUT2D eigenvalue weighted by Gasteiger charge is 2.72. The van der Waals surface area contributed by atoms with Crippen LogP contribution in [-0.2, 0) is 20.8 Å². The Kier molecular flexibility index (Phi) is 3.69. The van der Waals surface area contributed by atoms with Crippen molar-refractivity contribution >= 4 is 40.9 Å². The molecular weight excluding hydrogens is 340 g/mol. The lowest BCUT2D eigenvalue weighted by molar-refractivity contribution is -0.194. The number of thioether (sulfide) groups is 1. The van der Waals surface area contributed by atoms with Crippen LogP contribution in [0, 0.1) is 0 Å². The van der Waals surface area contributed by atoms with Gasteiger partial charge in [-0.3, -0.25) is 9.59 Å². The zero-order valence-electron chi connectivity index (χ0n) is 12.5. The van der Waals surface area contributed by atoms with Crippen molar-refractivity contribution in [3.63, 3.8) is 0 Å². The number of nitrogens with one attached hydrogen (secondary N) is 1. The number of β-lactam (4-membered cyclic amide) rings is 1. The number of hydrogen-bond donors (Lipinski definition) is 3. The Morgan fingerprint density at radius 3 is 2.70 bits per heavy atom. The molecule has 2 fully saturated rings. The van der Waals surface area contributed by atoms with E-state index >= 15 is 0 Å². The first-order chi connectivity index (χ1) is 10.7. The van der Waals surface area contributed by atoms with Crippen LogP contribution in [0.15, 0.2) is 17.5 Å². The van der Waals surface area contributed by atoms with E-state index < -0.39 is 39.7 Å². The Labute approximate surface area is 140 Å². The molecule has 3 heterocycles. The summed E-state index contributed by atoms with van der Waals surface area (Å²) in [6.45, 7) is 3.41. The Hall–Kier alpha value is -1.58. The molecule has 2 aliphatic rings. The predicted molar refractivity (Wildman–Crippen MR) is 84.8 cm³/mol. The van der Waals surface area contributed by atoms with E-state index in [1.165, 1.54) is 23.1 Å². The number of amides is 2. The molecule has 23 heavy (non-hydrogen) atoms. The van der Waals surface area contributed by atoms with E-state index in [2.05, 4.69) is 5.32 Å². The Morgan fingerprint density at radius 1 is 1.43 bits per heavy atom. The summed E-state index contributed by atoms with van der Waals surface area (Å²) in [6, 6.07) is 2.57. The van der Waals surface area contributed by atoms with Crippen molar-refractivity contribution in [1.82, 2.24) is 10.2 Å². The van der Waals surface area contributed by atoms with E-state index in [-0.39, 0.29) is 6.42 Å². The van der Waals surface area contributed by atoms with Crippen LogP contribution < -0.4 is 5.32 Å². The Morgan fingerprint density at radius 2 is 2.13 bits per heavy atom. The number of carboxylic acid groups (broad SMARTS) is 1. The van der Waals surface area contributed by atoms with Gasteiger partial charge in [0, 0.05) is 9.62 Å². The highest BCUT2D eigenvalue weighted by Crippen LogP contribution is 2.53. The molecule has 1 aromatic heterocycles. The van der Waals surface area contributed by atoms with Gasteiger partial charge in [0.15, 0.2) is 0 Å². The Balaban J connectivity index is 1.76. The highest BCUT2D eigenvalue weighted by molar-refractivity contribution is 8.01. The molecule has 2 amide bonds. The van der Waals surface area contributed by atoms with Crippen LogP contribution in [-0.4, -0.2) is 54.8 Å². The van der Waals surface area contributed by atoms with Crippen molar-refractivity contribution in [2.24, 2.45) is 0 Å². The third-order valence-electron chi connectivity index (χ3n) is 4.00. The average Bonchev–Trinajstić information content (AvgIpc) is 3.02. The highest BCUT2D eigenvalue weighted by atomic mass is 32.2. The monoisotopic (exact) mass is 356 g/mol. The van der Waals surface area contributed by atoms with Crippen molar-refractivity contribution in [1.29, 1.82) is 0 Å². The summed E-state index contributed by atoms with van der Waals surface area (Å²) >= 11 is 2.58. The van der Waals surface area contributed by atoms with E-state index in [0.29, 0.717) is 0 Å². The second-order valence-corrected chi connectivity index (χ2v) is 8.86. The molecule has 1 aromatic rings. The van der Waals surface area contributed by atoms with Gasteiger partial charge in [0.1, 0.15) is 11.4 Å². The molecule has 0 aliphatic carbocycles. The van der Waals surface area contributed by atoms with E-state index in [9.17, 15) is 24.6 Å². The molecule has 0 aromatic carbocycles. The molecule has 2 aliphatic heterocycles. The number of fused-ring (bicyclic) bond motifs is 1. The summed E-state index contributed by atoms with van der Waals surface area (Å²) in [6.07, 6.45) is 0.0659. The van der Waals surface area contributed by atoms with Gasteiger partial charge in [-0.25, -0.2) is 4.79 Å². The standard InChI is InChI=1S/C14H16N2O5S2/c1-13(2)9(10(18)19)16-11(20)14(21,12(16)23-13)15-8(17)6-7-4-3-5-22-7/h3-5,9,12,21H,6H2,1-2H3,(H,15,17)(H,18,19)/t9-,12+,14-/m0/s1. The molecule has 0 saturated carbocycles. The van der Waals surface area contributed by atoms with Crippen LogP contribution in [0.4, 0.5) is 0 Å². The van der Waals surface area contributed by atoms with Gasteiger partial charge in [0.05, 0.1) is 6.42 Å². The smallest absolute Gasteiger partial charge is 0.327 e. The van der Waals surface area contributed by atoms with Crippen LogP contribution in [0.2, 0.25) is 0 Å². The first-order valence-corrected chi connectivity index (χ1v) is 8.72. The second kappa shape index (κ2) is 5.22. The number of carboxylic acids is 1. The summed E-state index contributed by atoms with van der Waals surface area (Å²) in [4.78, 5) is 37.7. The van der Waals surface area contributed by atoms with Crippen LogP contribution in [0.25, 0.3) is 0 Å². The fourth-order valence-electron chi connectivity index (χ4n) is 2.99. The minimum Gasteiger partial charge on any atom is -0.480 e. The zero-order chi connectivity index (χ0) is 17.0. The van der Waals surface area contributed by atoms with Gasteiger partial charge in [-0.15, -0.1) is 23.1 Å². The third-order valence-corrected chi connectivity index (χ3v) is 6.50. The number of carbonyl (C=O) groups is 3. The molecule has 124 valence electrons. The number of thiophene rings is 1. The van der Waals surface area contributed by atoms with Crippen LogP contribution >= 0.6 is 23.1 Å². The third kappa shape index (κ3) is 2.43. The molecule has 3 atom stereocenters. The number of rotatable bonds is 4. The maximum atomic E-state index is 12.3. The van der Waals surface area contributed by atoms with Gasteiger partial charge in [0.25, 0.3) is 5.91 Å². The molecule has 3 N–H and O–H groups in total. The maximum absolute atomic E-state index is 12.3. The molecule has 0 spiro atoms. The van der Waals surface area contributed by atoms with Crippen molar-refractivity contribution in [2.45, 2.75) is 42.2 Å². The molecule has 9 heteroatoms. The van der Waals surface area contributed by atoms with Crippen LogP contribution in [0.5, 0.6) is 0 Å². The van der Waals surface area contributed by atoms with E-state index in [1.807, 2.05) is 11.4 Å². The zero-order valence-corrected chi connectivity index (χ0v) is 14.1. The van der Waals surface area contributed by atoms with Crippen LogP contribution in [0.3, 0.4) is 0 Å². The molecule has 3 rings (SSSR count). The summed E-state index contributed by atoms with van der Waals surface area (Å²) in [7, 11) is 0. The topological polar surface area (TPSA) is 107 Å². The van der Waals surface area contributed by atoms with Gasteiger partial charge in [0.2, 0.25) is 11.6 Å². The van der Waals surface area contributed by atoms with Gasteiger partial charge < -0.3 is 20.4 Å². The number of aliphatic hydroxyl groups is 1. The molecule has 7 nitrogen and oxygen atoms in total. The number of aliphatic carboxylic acids is 1. The van der Waals surface area contributed by atoms with Crippen molar-refractivity contribution < 1.29 is 24.6 Å². The summed E-state index contributed by atoms with van der Waals surface area (Å²) in [5.74, 6) is -2.36. The summed E-state index contributed by atoms with van der Waals surface area (Å²) < 4.78 is -0.755. The number of hydrogen-bond acceptors (Lipinski definition) is 6. The van der Waals surface area contributed by atoms with Gasteiger partial charge >= 0.3 is 5.97 Å². The normalized spacial score (nSPS) is 31.4. The minimum absolute atomic E-state index is 0.0659. The number of nitrogens with zero attached hydrogens (tertiary/aromatic N) is 1. The van der Waals surface area contributed by atoms with Gasteiger partial charge in [-0.2, -0.15) is 0 Å². The van der Waals surface area contributed by atoms with Crippen LogP contribution in [0.1, 0.15) is 18.7 Å². The van der Waals surface area contributed by atoms with Gasteiger partial charge in [-0.05, 0) is 25.3 Å². The lowest BCUT2D eigenvalue weighted by Crippen LogP contribution is -2.79. The number of carbonyl (C=O) groups excluding carboxylic acids is 2. The van der Waals surface area contributed by atoms with E-state index in [4.69, 9.17) is 0 Å². The molecule has 0 bridgehead atoms. The molecular formula is C14H16N2O5S2. The van der Waals surface area contributed by atoms with Gasteiger partial charge in [-0.1, -0.05) is 6.07 Å². The van der Waals surface area contributed by atoms with E-state index in [0.717, 1.165) is 9.78 Å². The predicted octanol–water partition coefficient (Wildman–Crippen LogP) is 0.242.